The number of hydrogen-bond acceptors (Lipinski definition) is 3. The zero-order chi connectivity index (χ0) is 13.0. The van der Waals surface area contributed by atoms with Crippen LogP contribution in [0, 0.1) is 0 Å². The van der Waals surface area contributed by atoms with Gasteiger partial charge < -0.3 is 9.84 Å². The van der Waals surface area contributed by atoms with Gasteiger partial charge in [-0.05, 0) is 22.8 Å². The molecule has 0 aliphatic rings. The van der Waals surface area contributed by atoms with Crippen LogP contribution in [0.5, 0.6) is 0 Å². The number of ether oxygens (including phenoxy) is 1. The van der Waals surface area contributed by atoms with Gasteiger partial charge in [0.15, 0.2) is 0 Å². The van der Waals surface area contributed by atoms with Crippen molar-refractivity contribution in [1.82, 2.24) is 0 Å². The molecule has 0 spiro atoms. The van der Waals surface area contributed by atoms with Gasteiger partial charge in [0.1, 0.15) is 0 Å². The van der Waals surface area contributed by atoms with Gasteiger partial charge in [0.2, 0.25) is 0 Å². The van der Waals surface area contributed by atoms with Crippen LogP contribution < -0.4 is 0 Å². The number of carbonyl (C=O) groups excluding carboxylic acids is 1. The smallest absolute Gasteiger partial charge is 0.338 e. The minimum atomic E-state index is -0.350. The predicted molar refractivity (Wildman–Crippen MR) is 69.1 cm³/mol. The van der Waals surface area contributed by atoms with Crippen molar-refractivity contribution in [2.24, 2.45) is 0 Å². The average Bonchev–Trinajstić information content (AvgIpc) is 2.46. The molecule has 0 heterocycles. The third-order valence-electron chi connectivity index (χ3n) is 2.78. The Morgan fingerprint density at radius 3 is 2.39 bits per heavy atom. The standard InChI is InChI=1S/C15H14O3/c1-18-15(17)14-5-3-2-4-13(14)12-8-6-11(10-16)7-9-12/h2-9,16H,10H2,1H3. The van der Waals surface area contributed by atoms with Gasteiger partial charge >= 0.3 is 5.97 Å². The van der Waals surface area contributed by atoms with E-state index in [-0.39, 0.29) is 12.6 Å². The number of rotatable bonds is 3. The van der Waals surface area contributed by atoms with Crippen LogP contribution in [0.25, 0.3) is 11.1 Å². The van der Waals surface area contributed by atoms with Crippen LogP contribution in [-0.4, -0.2) is 18.2 Å². The number of aliphatic hydroxyl groups excluding tert-OH is 1. The van der Waals surface area contributed by atoms with Gasteiger partial charge in [-0.3, -0.25) is 0 Å². The fourth-order valence-corrected chi connectivity index (χ4v) is 1.81. The molecule has 0 unspecified atom stereocenters. The van der Waals surface area contributed by atoms with Gasteiger partial charge in [0, 0.05) is 0 Å². The molecule has 0 aromatic heterocycles. The van der Waals surface area contributed by atoms with Gasteiger partial charge in [-0.25, -0.2) is 4.79 Å². The van der Waals surface area contributed by atoms with Gasteiger partial charge in [0.25, 0.3) is 0 Å². The van der Waals surface area contributed by atoms with E-state index in [4.69, 9.17) is 9.84 Å². The fourth-order valence-electron chi connectivity index (χ4n) is 1.81. The molecule has 0 saturated heterocycles. The lowest BCUT2D eigenvalue weighted by atomic mass is 9.99. The Hall–Kier alpha value is -2.13. The van der Waals surface area contributed by atoms with E-state index in [1.165, 1.54) is 7.11 Å². The van der Waals surface area contributed by atoms with E-state index in [1.807, 2.05) is 36.4 Å². The molecule has 1 N–H and O–H groups in total. The zero-order valence-corrected chi connectivity index (χ0v) is 10.1. The number of esters is 1. The lowest BCUT2D eigenvalue weighted by Crippen LogP contribution is -2.03. The summed E-state index contributed by atoms with van der Waals surface area (Å²) in [6.07, 6.45) is 0. The van der Waals surface area contributed by atoms with E-state index in [0.717, 1.165) is 16.7 Å². The Morgan fingerprint density at radius 1 is 1.11 bits per heavy atom. The summed E-state index contributed by atoms with van der Waals surface area (Å²) < 4.78 is 4.76. The molecule has 3 heteroatoms. The van der Waals surface area contributed by atoms with E-state index in [1.54, 1.807) is 12.1 Å². The van der Waals surface area contributed by atoms with E-state index >= 15 is 0 Å². The van der Waals surface area contributed by atoms with Crippen LogP contribution in [0.3, 0.4) is 0 Å². The van der Waals surface area contributed by atoms with Gasteiger partial charge in [0.05, 0.1) is 19.3 Å². The second-order valence-corrected chi connectivity index (χ2v) is 3.89. The third kappa shape index (κ3) is 2.41. The minimum absolute atomic E-state index is 0.0128. The van der Waals surface area contributed by atoms with Gasteiger partial charge in [-0.2, -0.15) is 0 Å². The quantitative estimate of drug-likeness (QED) is 0.841. The molecule has 3 nitrogen and oxygen atoms in total. The highest BCUT2D eigenvalue weighted by atomic mass is 16.5. The molecule has 2 rings (SSSR count). The monoisotopic (exact) mass is 242 g/mol. The molecule has 0 radical (unpaired) electrons. The predicted octanol–water partition coefficient (Wildman–Crippen LogP) is 2.63. The summed E-state index contributed by atoms with van der Waals surface area (Å²) in [5.74, 6) is -0.350. The van der Waals surface area contributed by atoms with Crippen LogP contribution in [0.15, 0.2) is 48.5 Å². The molecule has 0 atom stereocenters. The highest BCUT2D eigenvalue weighted by molar-refractivity contribution is 5.97. The molecule has 0 fully saturated rings. The number of aliphatic hydroxyl groups is 1. The Balaban J connectivity index is 2.46. The number of carbonyl (C=O) groups is 1. The summed E-state index contributed by atoms with van der Waals surface area (Å²) in [4.78, 5) is 11.7. The lowest BCUT2D eigenvalue weighted by molar-refractivity contribution is 0.0601. The maximum atomic E-state index is 11.7. The lowest BCUT2D eigenvalue weighted by Gasteiger charge is -2.08. The van der Waals surface area contributed by atoms with Crippen molar-refractivity contribution in [3.05, 3.63) is 59.7 Å². The molecule has 2 aromatic carbocycles. The molecule has 18 heavy (non-hydrogen) atoms. The second kappa shape index (κ2) is 5.47. The molecule has 2 aromatic rings. The summed E-state index contributed by atoms with van der Waals surface area (Å²) >= 11 is 0. The normalized spacial score (nSPS) is 10.1. The maximum Gasteiger partial charge on any atom is 0.338 e. The maximum absolute atomic E-state index is 11.7. The van der Waals surface area contributed by atoms with Crippen LogP contribution >= 0.6 is 0 Å². The van der Waals surface area contributed by atoms with Crippen molar-refractivity contribution in [1.29, 1.82) is 0 Å². The van der Waals surface area contributed by atoms with Crippen molar-refractivity contribution < 1.29 is 14.6 Å². The first-order valence-electron chi connectivity index (χ1n) is 5.63. The first kappa shape index (κ1) is 12.3. The Kier molecular flexibility index (Phi) is 3.75. The minimum Gasteiger partial charge on any atom is -0.465 e. The van der Waals surface area contributed by atoms with Crippen molar-refractivity contribution in [3.63, 3.8) is 0 Å². The third-order valence-corrected chi connectivity index (χ3v) is 2.78. The highest BCUT2D eigenvalue weighted by Crippen LogP contribution is 2.24. The Labute approximate surface area is 106 Å². The van der Waals surface area contributed by atoms with E-state index in [0.29, 0.717) is 5.56 Å². The zero-order valence-electron chi connectivity index (χ0n) is 10.1. The molecule has 0 saturated carbocycles. The Bertz CT molecular complexity index is 544. The van der Waals surface area contributed by atoms with Crippen LogP contribution in [0.4, 0.5) is 0 Å². The number of methoxy groups -OCH3 is 1. The molecule has 0 aliphatic heterocycles. The van der Waals surface area contributed by atoms with Crippen molar-refractivity contribution in [2.45, 2.75) is 6.61 Å². The molecule has 0 bridgehead atoms. The number of benzene rings is 2. The molecular weight excluding hydrogens is 228 g/mol. The summed E-state index contributed by atoms with van der Waals surface area (Å²) in [5, 5.41) is 9.01. The average molecular weight is 242 g/mol. The number of hydrogen-bond donors (Lipinski definition) is 1. The topological polar surface area (TPSA) is 46.5 Å². The molecule has 0 aliphatic carbocycles. The summed E-state index contributed by atoms with van der Waals surface area (Å²) in [6, 6.07) is 14.7. The summed E-state index contributed by atoms with van der Waals surface area (Å²) in [6.45, 7) is 0.0128. The Morgan fingerprint density at radius 2 is 1.78 bits per heavy atom. The summed E-state index contributed by atoms with van der Waals surface area (Å²) in [5.41, 5.74) is 3.13. The van der Waals surface area contributed by atoms with Crippen LogP contribution in [-0.2, 0) is 11.3 Å². The molecular formula is C15H14O3. The largest absolute Gasteiger partial charge is 0.465 e. The SMILES string of the molecule is COC(=O)c1ccccc1-c1ccc(CO)cc1. The fraction of sp³-hybridized carbons (Fsp3) is 0.133. The van der Waals surface area contributed by atoms with Gasteiger partial charge in [-0.15, -0.1) is 0 Å². The van der Waals surface area contributed by atoms with Crippen molar-refractivity contribution in [3.8, 4) is 11.1 Å². The van der Waals surface area contributed by atoms with E-state index in [9.17, 15) is 4.79 Å². The first-order valence-corrected chi connectivity index (χ1v) is 5.63. The van der Waals surface area contributed by atoms with E-state index < -0.39 is 0 Å². The molecule has 92 valence electrons. The van der Waals surface area contributed by atoms with Crippen molar-refractivity contribution >= 4 is 5.97 Å². The van der Waals surface area contributed by atoms with Gasteiger partial charge in [-0.1, -0.05) is 42.5 Å². The van der Waals surface area contributed by atoms with Crippen molar-refractivity contribution in [2.75, 3.05) is 7.11 Å². The van der Waals surface area contributed by atoms with E-state index in [2.05, 4.69) is 0 Å². The summed E-state index contributed by atoms with van der Waals surface area (Å²) in [7, 11) is 1.37. The van der Waals surface area contributed by atoms with Crippen LogP contribution in [0.2, 0.25) is 0 Å². The van der Waals surface area contributed by atoms with Crippen LogP contribution in [0.1, 0.15) is 15.9 Å². The molecule has 0 amide bonds. The second-order valence-electron chi connectivity index (χ2n) is 3.89. The highest BCUT2D eigenvalue weighted by Gasteiger charge is 2.11. The first-order chi connectivity index (χ1) is 8.76.